The van der Waals surface area contributed by atoms with Crippen LogP contribution in [-0.4, -0.2) is 50.1 Å². The predicted octanol–water partition coefficient (Wildman–Crippen LogP) is 2.13. The van der Waals surface area contributed by atoms with Gasteiger partial charge in [0.25, 0.3) is 11.8 Å². The topological polar surface area (TPSA) is 93.9 Å². The Balaban J connectivity index is 1.63. The van der Waals surface area contributed by atoms with E-state index in [4.69, 9.17) is 15.2 Å². The Labute approximate surface area is 170 Å². The van der Waals surface area contributed by atoms with Crippen LogP contribution in [0.4, 0.5) is 0 Å². The number of nitrogens with one attached hydrogen (secondary N) is 1. The summed E-state index contributed by atoms with van der Waals surface area (Å²) in [6.45, 7) is 2.38. The van der Waals surface area contributed by atoms with Gasteiger partial charge in [0, 0.05) is 12.1 Å². The van der Waals surface area contributed by atoms with Gasteiger partial charge in [-0.05, 0) is 67.9 Å². The fraction of sp³-hybridized carbons (Fsp3) is 0.364. The summed E-state index contributed by atoms with van der Waals surface area (Å²) in [7, 11) is 1.65. The first kappa shape index (κ1) is 20.7. The molecule has 0 radical (unpaired) electrons. The lowest BCUT2D eigenvalue weighted by Gasteiger charge is -2.28. The molecule has 1 aliphatic heterocycles. The molecule has 0 aromatic heterocycles. The van der Waals surface area contributed by atoms with Crippen LogP contribution in [0.15, 0.2) is 48.5 Å². The molecule has 0 saturated carbocycles. The second-order valence-corrected chi connectivity index (χ2v) is 7.02. The van der Waals surface area contributed by atoms with E-state index in [0.717, 1.165) is 24.4 Å². The summed E-state index contributed by atoms with van der Waals surface area (Å²) in [4.78, 5) is 25.8. The van der Waals surface area contributed by atoms with E-state index in [1.165, 1.54) is 12.8 Å². The third-order valence-corrected chi connectivity index (χ3v) is 5.04. The summed E-state index contributed by atoms with van der Waals surface area (Å²) < 4.78 is 10.5. The lowest BCUT2D eigenvalue weighted by atomic mass is 10.0. The van der Waals surface area contributed by atoms with Crippen LogP contribution >= 0.6 is 0 Å². The maximum Gasteiger partial charge on any atom is 0.255 e. The molecule has 3 rings (SSSR count). The first-order valence-corrected chi connectivity index (χ1v) is 9.74. The molecule has 0 bridgehead atoms. The van der Waals surface area contributed by atoms with Crippen molar-refractivity contribution in [2.24, 2.45) is 5.73 Å². The SMILES string of the molecule is COc1ccc(C(CNC(=O)c2ccc(OCC(N)=O)cc2)N2CCCC2)cc1. The number of likely N-dealkylation sites (tertiary alicyclic amines) is 1. The normalized spacial score (nSPS) is 14.9. The van der Waals surface area contributed by atoms with Crippen LogP contribution < -0.4 is 20.5 Å². The van der Waals surface area contributed by atoms with E-state index in [1.54, 1.807) is 31.4 Å². The summed E-state index contributed by atoms with van der Waals surface area (Å²) >= 11 is 0. The second kappa shape index (κ2) is 9.93. The van der Waals surface area contributed by atoms with Gasteiger partial charge in [0.05, 0.1) is 13.2 Å². The number of ether oxygens (including phenoxy) is 2. The Morgan fingerprint density at radius 2 is 1.66 bits per heavy atom. The molecule has 1 aliphatic rings. The van der Waals surface area contributed by atoms with Crippen LogP contribution in [0.5, 0.6) is 11.5 Å². The molecule has 1 heterocycles. The first-order valence-electron chi connectivity index (χ1n) is 9.74. The highest BCUT2D eigenvalue weighted by atomic mass is 16.5. The third kappa shape index (κ3) is 5.71. The van der Waals surface area contributed by atoms with Crippen LogP contribution in [0.1, 0.15) is 34.8 Å². The van der Waals surface area contributed by atoms with Crippen LogP contribution in [0, 0.1) is 0 Å². The van der Waals surface area contributed by atoms with E-state index in [1.807, 2.05) is 12.1 Å². The number of carbonyl (C=O) groups excluding carboxylic acids is 2. The molecule has 1 fully saturated rings. The number of methoxy groups -OCH3 is 1. The number of carbonyl (C=O) groups is 2. The number of rotatable bonds is 9. The van der Waals surface area contributed by atoms with Gasteiger partial charge in [0.2, 0.25) is 0 Å². The van der Waals surface area contributed by atoms with Crippen LogP contribution in [0.2, 0.25) is 0 Å². The molecule has 1 saturated heterocycles. The third-order valence-electron chi connectivity index (χ3n) is 5.04. The molecule has 2 aromatic carbocycles. The molecule has 7 heteroatoms. The molecule has 0 aliphatic carbocycles. The van der Waals surface area contributed by atoms with Gasteiger partial charge < -0.3 is 20.5 Å². The van der Waals surface area contributed by atoms with Gasteiger partial charge in [-0.1, -0.05) is 12.1 Å². The van der Waals surface area contributed by atoms with E-state index in [2.05, 4.69) is 22.3 Å². The summed E-state index contributed by atoms with van der Waals surface area (Å²) in [6.07, 6.45) is 2.35. The largest absolute Gasteiger partial charge is 0.497 e. The Kier molecular flexibility index (Phi) is 7.08. The lowest BCUT2D eigenvalue weighted by Crippen LogP contribution is -2.36. The van der Waals surface area contributed by atoms with Gasteiger partial charge in [-0.3, -0.25) is 14.5 Å². The minimum atomic E-state index is -0.543. The Morgan fingerprint density at radius 3 is 2.24 bits per heavy atom. The smallest absolute Gasteiger partial charge is 0.255 e. The highest BCUT2D eigenvalue weighted by Gasteiger charge is 2.24. The number of nitrogens with two attached hydrogens (primary N) is 1. The predicted molar refractivity (Wildman–Crippen MR) is 110 cm³/mol. The lowest BCUT2D eigenvalue weighted by molar-refractivity contribution is -0.119. The van der Waals surface area contributed by atoms with Crippen molar-refractivity contribution in [3.63, 3.8) is 0 Å². The molecule has 1 unspecified atom stereocenters. The summed E-state index contributed by atoms with van der Waals surface area (Å²) in [5.41, 5.74) is 6.75. The molecule has 2 amide bonds. The van der Waals surface area contributed by atoms with Gasteiger partial charge in [-0.25, -0.2) is 0 Å². The minimum absolute atomic E-state index is 0.116. The zero-order valence-electron chi connectivity index (χ0n) is 16.6. The zero-order chi connectivity index (χ0) is 20.6. The molecule has 3 N–H and O–H groups in total. The average Bonchev–Trinajstić information content (AvgIpc) is 3.27. The number of amides is 2. The van der Waals surface area contributed by atoms with Gasteiger partial charge in [-0.2, -0.15) is 0 Å². The molecule has 29 heavy (non-hydrogen) atoms. The molecule has 1 atom stereocenters. The maximum atomic E-state index is 12.6. The molecule has 0 spiro atoms. The monoisotopic (exact) mass is 397 g/mol. The number of hydrogen-bond donors (Lipinski definition) is 2. The first-order chi connectivity index (χ1) is 14.1. The summed E-state index contributed by atoms with van der Waals surface area (Å²) in [6, 6.07) is 14.8. The average molecular weight is 397 g/mol. The van der Waals surface area contributed by atoms with Crippen molar-refractivity contribution >= 4 is 11.8 Å². The Hall–Kier alpha value is -3.06. The minimum Gasteiger partial charge on any atom is -0.497 e. The van der Waals surface area contributed by atoms with Crippen LogP contribution in [0.25, 0.3) is 0 Å². The van der Waals surface area contributed by atoms with Crippen molar-refractivity contribution in [2.75, 3.05) is 33.4 Å². The van der Waals surface area contributed by atoms with Gasteiger partial charge in [0.1, 0.15) is 11.5 Å². The number of benzene rings is 2. The van der Waals surface area contributed by atoms with E-state index in [9.17, 15) is 9.59 Å². The van der Waals surface area contributed by atoms with E-state index in [-0.39, 0.29) is 18.6 Å². The van der Waals surface area contributed by atoms with Gasteiger partial charge in [0.15, 0.2) is 6.61 Å². The maximum absolute atomic E-state index is 12.6. The van der Waals surface area contributed by atoms with E-state index in [0.29, 0.717) is 17.9 Å². The molecule has 154 valence electrons. The van der Waals surface area contributed by atoms with E-state index < -0.39 is 5.91 Å². The molecule has 7 nitrogen and oxygen atoms in total. The fourth-order valence-corrected chi connectivity index (χ4v) is 3.49. The summed E-state index contributed by atoms with van der Waals surface area (Å²) in [5, 5.41) is 3.05. The molecular formula is C22H27N3O4. The fourth-order valence-electron chi connectivity index (χ4n) is 3.49. The highest BCUT2D eigenvalue weighted by molar-refractivity contribution is 5.94. The molecular weight excluding hydrogens is 370 g/mol. The van der Waals surface area contributed by atoms with Crippen molar-refractivity contribution in [3.05, 3.63) is 59.7 Å². The standard InChI is InChI=1S/C22H27N3O4/c1-28-18-8-4-16(5-9-18)20(25-12-2-3-13-25)14-24-22(27)17-6-10-19(11-7-17)29-15-21(23)26/h4-11,20H,2-3,12-15H2,1H3,(H2,23,26)(H,24,27). The van der Waals surface area contributed by atoms with Crippen molar-refractivity contribution in [1.29, 1.82) is 0 Å². The van der Waals surface area contributed by atoms with Crippen molar-refractivity contribution in [2.45, 2.75) is 18.9 Å². The van der Waals surface area contributed by atoms with E-state index >= 15 is 0 Å². The van der Waals surface area contributed by atoms with Gasteiger partial charge >= 0.3 is 0 Å². The zero-order valence-corrected chi connectivity index (χ0v) is 16.6. The van der Waals surface area contributed by atoms with Crippen molar-refractivity contribution < 1.29 is 19.1 Å². The van der Waals surface area contributed by atoms with Gasteiger partial charge in [-0.15, -0.1) is 0 Å². The number of hydrogen-bond acceptors (Lipinski definition) is 5. The highest BCUT2D eigenvalue weighted by Crippen LogP contribution is 2.26. The van der Waals surface area contributed by atoms with Crippen LogP contribution in [-0.2, 0) is 4.79 Å². The molecule has 2 aromatic rings. The summed E-state index contributed by atoms with van der Waals surface area (Å²) in [5.74, 6) is 0.618. The Morgan fingerprint density at radius 1 is 1.03 bits per heavy atom. The number of nitrogens with zero attached hydrogens (tertiary/aromatic N) is 1. The second-order valence-electron chi connectivity index (χ2n) is 7.02. The van der Waals surface area contributed by atoms with Crippen molar-refractivity contribution in [1.82, 2.24) is 10.2 Å². The number of primary amides is 1. The van der Waals surface area contributed by atoms with Crippen molar-refractivity contribution in [3.8, 4) is 11.5 Å². The quantitative estimate of drug-likeness (QED) is 0.676. The Bertz CT molecular complexity index is 815. The van der Waals surface area contributed by atoms with Crippen LogP contribution in [0.3, 0.4) is 0 Å².